The summed E-state index contributed by atoms with van der Waals surface area (Å²) in [6.45, 7) is 17.8. The molecule has 0 radical (unpaired) electrons. The van der Waals surface area contributed by atoms with Crippen molar-refractivity contribution in [1.82, 2.24) is 0 Å². The molecule has 3 unspecified atom stereocenters. The fourth-order valence-electron chi connectivity index (χ4n) is 5.66. The maximum absolute atomic E-state index is 9.91. The fraction of sp³-hybridized carbons (Fsp3) is 1.00. The summed E-state index contributed by atoms with van der Waals surface area (Å²) in [7, 11) is 0. The van der Waals surface area contributed by atoms with Gasteiger partial charge in [-0.05, 0) is 60.7 Å². The molecule has 0 amide bonds. The molecule has 2 N–H and O–H groups in total. The average molecular weight is 427 g/mol. The van der Waals surface area contributed by atoms with Crippen LogP contribution in [0.1, 0.15) is 87.0 Å². The maximum atomic E-state index is 9.91. The molecule has 0 aliphatic heterocycles. The van der Waals surface area contributed by atoms with Crippen LogP contribution in [0.5, 0.6) is 0 Å². The normalized spacial score (nSPS) is 33.8. The van der Waals surface area contributed by atoms with Gasteiger partial charge in [0.1, 0.15) is 0 Å². The predicted molar refractivity (Wildman–Crippen MR) is 123 cm³/mol. The summed E-state index contributed by atoms with van der Waals surface area (Å²) in [5, 5.41) is 19.8. The van der Waals surface area contributed by atoms with Gasteiger partial charge in [0.2, 0.25) is 0 Å². The van der Waals surface area contributed by atoms with Crippen LogP contribution in [0, 0.1) is 40.4 Å². The van der Waals surface area contributed by atoms with E-state index in [1.807, 2.05) is 0 Å². The first kappa shape index (κ1) is 26.1. The van der Waals surface area contributed by atoms with Crippen molar-refractivity contribution in [3.63, 3.8) is 0 Å². The second-order valence-electron chi connectivity index (χ2n) is 12.0. The van der Waals surface area contributed by atoms with Gasteiger partial charge in [-0.2, -0.15) is 0 Å². The van der Waals surface area contributed by atoms with Gasteiger partial charge in [0.05, 0.1) is 25.4 Å². The molecule has 4 heteroatoms. The minimum Gasteiger partial charge on any atom is -0.396 e. The van der Waals surface area contributed by atoms with Crippen LogP contribution in [0.4, 0.5) is 0 Å². The zero-order valence-electron chi connectivity index (χ0n) is 20.8. The molecule has 0 saturated heterocycles. The Balaban J connectivity index is 1.82. The van der Waals surface area contributed by atoms with Crippen molar-refractivity contribution in [2.45, 2.75) is 99.2 Å². The van der Waals surface area contributed by atoms with E-state index in [0.29, 0.717) is 42.5 Å². The highest BCUT2D eigenvalue weighted by molar-refractivity contribution is 4.92. The molecule has 0 aromatic rings. The minimum absolute atomic E-state index is 0.0578. The number of hydrogen-bond donors (Lipinski definition) is 2. The molecular weight excluding hydrogens is 376 g/mol. The van der Waals surface area contributed by atoms with Gasteiger partial charge in [-0.25, -0.2) is 0 Å². The van der Waals surface area contributed by atoms with E-state index in [1.54, 1.807) is 0 Å². The number of rotatable bonds is 9. The Morgan fingerprint density at radius 3 is 1.90 bits per heavy atom. The van der Waals surface area contributed by atoms with Crippen molar-refractivity contribution in [3.8, 4) is 0 Å². The summed E-state index contributed by atoms with van der Waals surface area (Å²) in [6.07, 6.45) is 7.08. The molecule has 0 aromatic carbocycles. The highest BCUT2D eigenvalue weighted by Crippen LogP contribution is 2.49. The van der Waals surface area contributed by atoms with Gasteiger partial charge in [0, 0.05) is 25.0 Å². The smallest absolute Gasteiger partial charge is 0.0704 e. The van der Waals surface area contributed by atoms with E-state index in [1.165, 1.54) is 12.8 Å². The van der Waals surface area contributed by atoms with Crippen LogP contribution in [-0.2, 0) is 9.47 Å². The van der Waals surface area contributed by atoms with E-state index in [4.69, 9.17) is 9.47 Å². The minimum atomic E-state index is -0.0578. The van der Waals surface area contributed by atoms with E-state index in [-0.39, 0.29) is 36.6 Å². The van der Waals surface area contributed by atoms with E-state index < -0.39 is 0 Å². The van der Waals surface area contributed by atoms with Crippen LogP contribution in [0.3, 0.4) is 0 Å². The third-order valence-electron chi connectivity index (χ3n) is 8.88. The Labute approximate surface area is 186 Å². The average Bonchev–Trinajstić information content (AvgIpc) is 2.69. The largest absolute Gasteiger partial charge is 0.396 e. The molecule has 0 aromatic heterocycles. The van der Waals surface area contributed by atoms with Crippen LogP contribution < -0.4 is 0 Å². The molecule has 0 bridgehead atoms. The monoisotopic (exact) mass is 426 g/mol. The lowest BCUT2D eigenvalue weighted by atomic mass is 9.58. The SMILES string of the molecule is CC(C)C1CC(CO)C(OCCO[C@H]2CCCC(C(C)(C)C(C)(C)C)C2)C(CO)C1. The topological polar surface area (TPSA) is 58.9 Å². The highest BCUT2D eigenvalue weighted by atomic mass is 16.5. The lowest BCUT2D eigenvalue weighted by molar-refractivity contribution is -0.114. The van der Waals surface area contributed by atoms with Gasteiger partial charge in [-0.15, -0.1) is 0 Å². The Hall–Kier alpha value is -0.160. The number of aliphatic hydroxyl groups is 2. The highest BCUT2D eigenvalue weighted by Gasteiger charge is 2.42. The summed E-state index contributed by atoms with van der Waals surface area (Å²) in [4.78, 5) is 0. The standard InChI is InChI=1S/C26H50O4/c1-18(2)19-13-20(16-27)24(21(14-19)17-28)30-12-11-29-23-10-8-9-22(15-23)26(6,7)25(3,4)5/h18-24,27-28H,8-17H2,1-7H3/t19?,20?,21?,22?,23-,24?/m0/s1. The molecule has 2 saturated carbocycles. The molecular formula is C26H50O4. The van der Waals surface area contributed by atoms with Crippen LogP contribution in [-0.4, -0.2) is 48.8 Å². The summed E-state index contributed by atoms with van der Waals surface area (Å²) in [5.41, 5.74) is 0.583. The van der Waals surface area contributed by atoms with Crippen LogP contribution in [0.25, 0.3) is 0 Å². The van der Waals surface area contributed by atoms with E-state index in [0.717, 1.165) is 25.7 Å². The molecule has 178 valence electrons. The molecule has 2 fully saturated rings. The van der Waals surface area contributed by atoms with Crippen molar-refractivity contribution in [2.75, 3.05) is 26.4 Å². The van der Waals surface area contributed by atoms with Crippen LogP contribution in [0.15, 0.2) is 0 Å². The molecule has 2 rings (SSSR count). The third kappa shape index (κ3) is 6.43. The second-order valence-corrected chi connectivity index (χ2v) is 12.0. The molecule has 2 aliphatic rings. The van der Waals surface area contributed by atoms with Gasteiger partial charge in [-0.3, -0.25) is 0 Å². The van der Waals surface area contributed by atoms with Gasteiger partial charge in [-0.1, -0.05) is 54.9 Å². The van der Waals surface area contributed by atoms with E-state index >= 15 is 0 Å². The predicted octanol–water partition coefficient (Wildman–Crippen LogP) is 5.30. The second kappa shape index (κ2) is 11.1. The molecule has 2 aliphatic carbocycles. The Morgan fingerprint density at radius 1 is 0.833 bits per heavy atom. The zero-order valence-corrected chi connectivity index (χ0v) is 20.8. The fourth-order valence-corrected chi connectivity index (χ4v) is 5.66. The molecule has 30 heavy (non-hydrogen) atoms. The first-order valence-electron chi connectivity index (χ1n) is 12.5. The van der Waals surface area contributed by atoms with Gasteiger partial charge in [0.25, 0.3) is 0 Å². The third-order valence-corrected chi connectivity index (χ3v) is 8.88. The van der Waals surface area contributed by atoms with Crippen LogP contribution in [0.2, 0.25) is 0 Å². The molecule has 0 spiro atoms. The molecule has 0 heterocycles. The zero-order chi connectivity index (χ0) is 22.5. The Bertz CT molecular complexity index is 482. The molecule has 4 atom stereocenters. The van der Waals surface area contributed by atoms with Crippen molar-refractivity contribution in [2.24, 2.45) is 40.4 Å². The first-order valence-corrected chi connectivity index (χ1v) is 12.5. The van der Waals surface area contributed by atoms with Crippen molar-refractivity contribution >= 4 is 0 Å². The van der Waals surface area contributed by atoms with Crippen molar-refractivity contribution in [3.05, 3.63) is 0 Å². The number of aliphatic hydroxyl groups excluding tert-OH is 2. The summed E-state index contributed by atoms with van der Waals surface area (Å²) in [5.74, 6) is 2.07. The molecule has 4 nitrogen and oxygen atoms in total. The van der Waals surface area contributed by atoms with Gasteiger partial charge < -0.3 is 19.7 Å². The quantitative estimate of drug-likeness (QED) is 0.491. The Kier molecular flexibility index (Phi) is 9.67. The number of hydrogen-bond acceptors (Lipinski definition) is 4. The summed E-state index contributed by atoms with van der Waals surface area (Å²) >= 11 is 0. The Morgan fingerprint density at radius 2 is 1.40 bits per heavy atom. The summed E-state index contributed by atoms with van der Waals surface area (Å²) in [6, 6.07) is 0. The first-order chi connectivity index (χ1) is 14.0. The number of ether oxygens (including phenoxy) is 2. The summed E-state index contributed by atoms with van der Waals surface area (Å²) < 4.78 is 12.5. The van der Waals surface area contributed by atoms with E-state index in [9.17, 15) is 10.2 Å². The lowest BCUT2D eigenvalue weighted by Gasteiger charge is -2.48. The lowest BCUT2D eigenvalue weighted by Crippen LogP contribution is -2.44. The van der Waals surface area contributed by atoms with Crippen molar-refractivity contribution < 1.29 is 19.7 Å². The van der Waals surface area contributed by atoms with E-state index in [2.05, 4.69) is 48.5 Å². The maximum Gasteiger partial charge on any atom is 0.0704 e. The van der Waals surface area contributed by atoms with Crippen LogP contribution >= 0.6 is 0 Å². The van der Waals surface area contributed by atoms with Gasteiger partial charge in [0.15, 0.2) is 0 Å². The van der Waals surface area contributed by atoms with Crippen molar-refractivity contribution in [1.29, 1.82) is 0 Å². The van der Waals surface area contributed by atoms with Gasteiger partial charge >= 0.3 is 0 Å².